The van der Waals surface area contributed by atoms with Crippen LogP contribution in [0.1, 0.15) is 17.0 Å². The summed E-state index contributed by atoms with van der Waals surface area (Å²) in [6.45, 7) is 0. The number of benzene rings is 2. The Morgan fingerprint density at radius 2 is 1.55 bits per heavy atom. The number of rotatable bonds is 3. The number of halogens is 2. The van der Waals surface area contributed by atoms with E-state index in [4.69, 9.17) is 5.26 Å². The Hall–Kier alpha value is -3.07. The molecular formula is C16H10F2N4. The number of hydrogen-bond donors (Lipinski definition) is 0. The predicted octanol–water partition coefficient (Wildman–Crippen LogP) is 3.01. The van der Waals surface area contributed by atoms with Crippen LogP contribution in [-0.2, 0) is 6.42 Å². The molecule has 4 nitrogen and oxygen atoms in total. The molecule has 0 unspecified atom stereocenters. The summed E-state index contributed by atoms with van der Waals surface area (Å²) in [6.07, 6.45) is 0.369. The van der Waals surface area contributed by atoms with E-state index >= 15 is 0 Å². The molecule has 0 amide bonds. The molecule has 0 N–H and O–H groups in total. The predicted molar refractivity (Wildman–Crippen MR) is 75.2 cm³/mol. The third-order valence-electron chi connectivity index (χ3n) is 3.23. The molecule has 0 aliphatic rings. The molecule has 0 aliphatic carbocycles. The van der Waals surface area contributed by atoms with Crippen molar-refractivity contribution >= 4 is 0 Å². The second-order valence-electron chi connectivity index (χ2n) is 4.69. The summed E-state index contributed by atoms with van der Waals surface area (Å²) in [5, 5.41) is 16.9. The smallest absolute Gasteiger partial charge is 0.186 e. The normalized spacial score (nSPS) is 10.4. The van der Waals surface area contributed by atoms with Crippen LogP contribution in [0, 0.1) is 23.0 Å². The fourth-order valence-corrected chi connectivity index (χ4v) is 2.13. The van der Waals surface area contributed by atoms with Crippen molar-refractivity contribution in [2.75, 3.05) is 0 Å². The topological polar surface area (TPSA) is 54.5 Å². The fraction of sp³-hybridized carbons (Fsp3) is 0.0625. The van der Waals surface area contributed by atoms with Gasteiger partial charge in [-0.1, -0.05) is 17.3 Å². The summed E-state index contributed by atoms with van der Waals surface area (Å²) in [5.41, 5.74) is 2.19. The van der Waals surface area contributed by atoms with Crippen LogP contribution in [0.5, 0.6) is 0 Å². The number of nitriles is 1. The van der Waals surface area contributed by atoms with Crippen LogP contribution < -0.4 is 0 Å². The second kappa shape index (κ2) is 5.74. The maximum Gasteiger partial charge on any atom is 0.186 e. The Bertz CT molecular complexity index is 830. The largest absolute Gasteiger partial charge is 0.216 e. The molecule has 1 heterocycles. The van der Waals surface area contributed by atoms with Crippen LogP contribution in [0.3, 0.4) is 0 Å². The molecule has 0 spiro atoms. The van der Waals surface area contributed by atoms with E-state index in [9.17, 15) is 8.78 Å². The molecule has 1 aromatic heterocycles. The van der Waals surface area contributed by atoms with Gasteiger partial charge in [-0.15, -0.1) is 5.10 Å². The molecule has 6 heteroatoms. The lowest BCUT2D eigenvalue weighted by Crippen LogP contribution is -2.04. The molecule has 2 aromatic carbocycles. The van der Waals surface area contributed by atoms with E-state index < -0.39 is 0 Å². The molecule has 0 saturated heterocycles. The highest BCUT2D eigenvalue weighted by Crippen LogP contribution is 2.17. The van der Waals surface area contributed by atoms with Crippen molar-refractivity contribution < 1.29 is 8.78 Å². The number of nitrogens with zero attached hydrogens (tertiary/aromatic N) is 4. The van der Waals surface area contributed by atoms with Gasteiger partial charge in [0, 0.05) is 6.42 Å². The monoisotopic (exact) mass is 296 g/mol. The average molecular weight is 296 g/mol. The first-order valence-corrected chi connectivity index (χ1v) is 6.52. The van der Waals surface area contributed by atoms with E-state index in [1.54, 1.807) is 24.3 Å². The summed E-state index contributed by atoms with van der Waals surface area (Å²) < 4.78 is 27.5. The molecule has 0 bridgehead atoms. The van der Waals surface area contributed by atoms with Gasteiger partial charge in [-0.05, 0) is 42.0 Å². The zero-order valence-corrected chi connectivity index (χ0v) is 11.4. The minimum atomic E-state index is -0.357. The zero-order chi connectivity index (χ0) is 15.5. The minimum Gasteiger partial charge on any atom is -0.216 e. The first-order chi connectivity index (χ1) is 10.7. The van der Waals surface area contributed by atoms with Crippen molar-refractivity contribution in [2.24, 2.45) is 0 Å². The Morgan fingerprint density at radius 1 is 0.955 bits per heavy atom. The first kappa shape index (κ1) is 13.9. The Labute approximate surface area is 125 Å². The lowest BCUT2D eigenvalue weighted by atomic mass is 10.1. The quantitative estimate of drug-likeness (QED) is 0.746. The molecular weight excluding hydrogens is 286 g/mol. The van der Waals surface area contributed by atoms with Crippen LogP contribution in [0.25, 0.3) is 5.69 Å². The van der Waals surface area contributed by atoms with Gasteiger partial charge in [-0.2, -0.15) is 5.26 Å². The maximum atomic E-state index is 13.0. The van der Waals surface area contributed by atoms with Crippen molar-refractivity contribution in [3.63, 3.8) is 0 Å². The van der Waals surface area contributed by atoms with Crippen LogP contribution in [-0.4, -0.2) is 15.0 Å². The van der Waals surface area contributed by atoms with Gasteiger partial charge in [0.2, 0.25) is 0 Å². The van der Waals surface area contributed by atoms with E-state index in [0.717, 1.165) is 5.56 Å². The minimum absolute atomic E-state index is 0.189. The summed E-state index contributed by atoms with van der Waals surface area (Å²) in [7, 11) is 0. The van der Waals surface area contributed by atoms with Gasteiger partial charge in [0.15, 0.2) is 5.69 Å². The Kier molecular flexibility index (Phi) is 3.62. The Balaban J connectivity index is 2.02. The lowest BCUT2D eigenvalue weighted by molar-refractivity contribution is 0.626. The molecule has 0 radical (unpaired) electrons. The van der Waals surface area contributed by atoms with Gasteiger partial charge in [0.05, 0.1) is 11.4 Å². The van der Waals surface area contributed by atoms with Crippen LogP contribution in [0.2, 0.25) is 0 Å². The molecule has 3 aromatic rings. The molecule has 108 valence electrons. The van der Waals surface area contributed by atoms with Gasteiger partial charge in [-0.25, -0.2) is 13.5 Å². The summed E-state index contributed by atoms with van der Waals surface area (Å²) in [4.78, 5) is 0. The van der Waals surface area contributed by atoms with E-state index in [-0.39, 0.29) is 17.3 Å². The highest BCUT2D eigenvalue weighted by Gasteiger charge is 2.14. The average Bonchev–Trinajstić information content (AvgIpc) is 2.93. The van der Waals surface area contributed by atoms with Crippen molar-refractivity contribution in [1.82, 2.24) is 15.0 Å². The van der Waals surface area contributed by atoms with Gasteiger partial charge in [0.25, 0.3) is 0 Å². The van der Waals surface area contributed by atoms with Gasteiger partial charge < -0.3 is 0 Å². The molecule has 3 rings (SSSR count). The maximum absolute atomic E-state index is 13.0. The number of aromatic nitrogens is 3. The fourth-order valence-electron chi connectivity index (χ4n) is 2.13. The summed E-state index contributed by atoms with van der Waals surface area (Å²) in [5.74, 6) is -0.682. The van der Waals surface area contributed by atoms with Crippen molar-refractivity contribution in [2.45, 2.75) is 6.42 Å². The van der Waals surface area contributed by atoms with Gasteiger partial charge in [0.1, 0.15) is 17.7 Å². The third kappa shape index (κ3) is 2.69. The van der Waals surface area contributed by atoms with E-state index in [2.05, 4.69) is 10.3 Å². The third-order valence-corrected chi connectivity index (χ3v) is 3.23. The Morgan fingerprint density at radius 3 is 2.14 bits per heavy atom. The lowest BCUT2D eigenvalue weighted by Gasteiger charge is -2.07. The second-order valence-corrected chi connectivity index (χ2v) is 4.69. The van der Waals surface area contributed by atoms with Gasteiger partial charge in [-0.3, -0.25) is 0 Å². The van der Waals surface area contributed by atoms with E-state index in [0.29, 0.717) is 17.8 Å². The van der Waals surface area contributed by atoms with Crippen molar-refractivity contribution in [3.8, 4) is 11.8 Å². The summed E-state index contributed by atoms with van der Waals surface area (Å²) in [6, 6.07) is 13.7. The van der Waals surface area contributed by atoms with Crippen molar-refractivity contribution in [3.05, 3.63) is 77.1 Å². The molecule has 0 saturated carbocycles. The highest BCUT2D eigenvalue weighted by molar-refractivity contribution is 5.38. The molecule has 22 heavy (non-hydrogen) atoms. The van der Waals surface area contributed by atoms with Crippen LogP contribution in [0.15, 0.2) is 48.5 Å². The van der Waals surface area contributed by atoms with Crippen LogP contribution >= 0.6 is 0 Å². The zero-order valence-electron chi connectivity index (χ0n) is 11.4. The SMILES string of the molecule is N#Cc1nnn(-c2ccc(F)cc2)c1Cc1ccc(F)cc1. The molecule has 0 atom stereocenters. The van der Waals surface area contributed by atoms with Gasteiger partial charge >= 0.3 is 0 Å². The molecule has 0 aliphatic heterocycles. The highest BCUT2D eigenvalue weighted by atomic mass is 19.1. The standard InChI is InChI=1S/C16H10F2N4/c17-12-3-1-11(2-4-12)9-16-15(10-19)20-21-22(16)14-7-5-13(18)6-8-14/h1-8H,9H2. The first-order valence-electron chi connectivity index (χ1n) is 6.52. The summed E-state index contributed by atoms with van der Waals surface area (Å²) >= 11 is 0. The molecule has 0 fully saturated rings. The van der Waals surface area contributed by atoms with Crippen molar-refractivity contribution in [1.29, 1.82) is 5.26 Å². The van der Waals surface area contributed by atoms with E-state index in [1.807, 2.05) is 6.07 Å². The van der Waals surface area contributed by atoms with E-state index in [1.165, 1.54) is 28.9 Å². The van der Waals surface area contributed by atoms with Crippen LogP contribution in [0.4, 0.5) is 8.78 Å². The number of hydrogen-bond acceptors (Lipinski definition) is 3.